The lowest BCUT2D eigenvalue weighted by atomic mass is 10.1. The number of nitrogen functional groups attached to an aromatic ring is 1. The van der Waals surface area contributed by atoms with Gasteiger partial charge in [0.05, 0.1) is 37.1 Å². The lowest BCUT2D eigenvalue weighted by molar-refractivity contribution is -0.0671. The molecule has 22 heteroatoms. The summed E-state index contributed by atoms with van der Waals surface area (Å²) >= 11 is 0. The van der Waals surface area contributed by atoms with Gasteiger partial charge in [-0.1, -0.05) is 0 Å². The quantitative estimate of drug-likeness (QED) is 0.145. The summed E-state index contributed by atoms with van der Waals surface area (Å²) in [6.45, 7) is -1.56. The number of nitrogens with two attached hydrogens (primary N) is 1. The third-order valence-electron chi connectivity index (χ3n) is 7.48. The second-order valence-corrected chi connectivity index (χ2v) is 13.0. The van der Waals surface area contributed by atoms with Crippen LogP contribution in [-0.4, -0.2) is 98.9 Å². The SMILES string of the molecule is Nc1ccnc2c1ncn2[C@@H]1O[C@@H]2COP(=O)(O)O[C@@H]3[C@H](O)[C@@H](COP(=O)(O)O[C@H]2[C@H]1O)O[C@H]3n1cnc2c(=O)[nH]ccc21. The monoisotopic (exact) mass is 657 g/mol. The number of fused-ring (bicyclic) bond motifs is 5. The van der Waals surface area contributed by atoms with Gasteiger partial charge < -0.3 is 44.8 Å². The Labute approximate surface area is 245 Å². The number of pyridine rings is 2. The number of phosphoric acid groups is 2. The fraction of sp³-hybridized carbons (Fsp3) is 0.455. The Morgan fingerprint density at radius 2 is 1.52 bits per heavy atom. The Morgan fingerprint density at radius 1 is 0.864 bits per heavy atom. The third-order valence-corrected chi connectivity index (χ3v) is 9.45. The lowest BCUT2D eigenvalue weighted by Gasteiger charge is -2.26. The molecule has 44 heavy (non-hydrogen) atoms. The highest BCUT2D eigenvalue weighted by atomic mass is 31.2. The van der Waals surface area contributed by atoms with Crippen molar-refractivity contribution in [1.82, 2.24) is 29.1 Å². The van der Waals surface area contributed by atoms with E-state index in [0.29, 0.717) is 11.2 Å². The molecule has 2 bridgehead atoms. The Balaban J connectivity index is 1.20. The van der Waals surface area contributed by atoms with E-state index in [1.807, 2.05) is 0 Å². The Kier molecular flexibility index (Phi) is 7.24. The van der Waals surface area contributed by atoms with E-state index < -0.39 is 83.5 Å². The van der Waals surface area contributed by atoms with Crippen LogP contribution < -0.4 is 11.3 Å². The summed E-state index contributed by atoms with van der Waals surface area (Å²) < 4.78 is 61.4. The fourth-order valence-electron chi connectivity index (χ4n) is 5.43. The van der Waals surface area contributed by atoms with Gasteiger partial charge >= 0.3 is 15.6 Å². The number of nitrogens with one attached hydrogen (secondary N) is 1. The summed E-state index contributed by atoms with van der Waals surface area (Å²) in [6.07, 6.45) is -6.93. The molecule has 236 valence electrons. The van der Waals surface area contributed by atoms with E-state index in [-0.39, 0.29) is 16.7 Å². The molecular formula is C22H25N7O13P2. The topological polar surface area (TPSA) is 278 Å². The van der Waals surface area contributed by atoms with E-state index in [2.05, 4.69) is 19.9 Å². The van der Waals surface area contributed by atoms with Crippen LogP contribution in [0.3, 0.4) is 0 Å². The number of nitrogens with zero attached hydrogens (tertiary/aromatic N) is 5. The normalized spacial score (nSPS) is 38.3. The molecule has 4 aromatic rings. The van der Waals surface area contributed by atoms with Crippen molar-refractivity contribution in [2.24, 2.45) is 0 Å². The van der Waals surface area contributed by atoms with Crippen molar-refractivity contribution in [3.63, 3.8) is 0 Å². The lowest BCUT2D eigenvalue weighted by Crippen LogP contribution is -2.36. The summed E-state index contributed by atoms with van der Waals surface area (Å²) in [7, 11) is -10.1. The number of aromatic amines is 1. The maximum atomic E-state index is 13.2. The van der Waals surface area contributed by atoms with E-state index in [1.165, 1.54) is 46.3 Å². The van der Waals surface area contributed by atoms with Crippen molar-refractivity contribution in [2.45, 2.75) is 49.1 Å². The average molecular weight is 657 g/mol. The van der Waals surface area contributed by atoms with Gasteiger partial charge in [-0.05, 0) is 12.1 Å². The number of aromatic nitrogens is 6. The molecule has 20 nitrogen and oxygen atoms in total. The zero-order valence-electron chi connectivity index (χ0n) is 22.2. The molecule has 7 heterocycles. The Morgan fingerprint density at radius 3 is 2.30 bits per heavy atom. The van der Waals surface area contributed by atoms with Crippen LogP contribution in [0.4, 0.5) is 5.69 Å². The molecule has 0 aliphatic carbocycles. The first-order chi connectivity index (χ1) is 20.9. The van der Waals surface area contributed by atoms with Crippen LogP contribution in [0.1, 0.15) is 12.5 Å². The van der Waals surface area contributed by atoms with Crippen molar-refractivity contribution in [2.75, 3.05) is 18.9 Å². The minimum absolute atomic E-state index is 0.0104. The summed E-state index contributed by atoms with van der Waals surface area (Å²) in [4.78, 5) is 48.3. The first-order valence-corrected chi connectivity index (χ1v) is 16.0. The summed E-state index contributed by atoms with van der Waals surface area (Å²) in [6, 6.07) is 3.00. The van der Waals surface area contributed by atoms with Crippen LogP contribution in [-0.2, 0) is 36.7 Å². The molecule has 3 fully saturated rings. The van der Waals surface area contributed by atoms with Crippen molar-refractivity contribution in [1.29, 1.82) is 0 Å². The molecule has 3 aliphatic heterocycles. The van der Waals surface area contributed by atoms with Crippen LogP contribution in [0.5, 0.6) is 0 Å². The minimum Gasteiger partial charge on any atom is -0.397 e. The van der Waals surface area contributed by atoms with Crippen molar-refractivity contribution < 1.29 is 56.7 Å². The average Bonchev–Trinajstić information content (AvgIpc) is 3.73. The van der Waals surface area contributed by atoms with Crippen LogP contribution in [0.25, 0.3) is 22.2 Å². The van der Waals surface area contributed by atoms with Crippen molar-refractivity contribution in [3.8, 4) is 0 Å². The number of imidazole rings is 2. The van der Waals surface area contributed by atoms with Crippen molar-refractivity contribution >= 4 is 43.5 Å². The smallest absolute Gasteiger partial charge is 0.397 e. The minimum atomic E-state index is -5.05. The summed E-state index contributed by atoms with van der Waals surface area (Å²) in [5, 5.41) is 22.1. The molecule has 7 N–H and O–H groups in total. The molecule has 3 saturated heterocycles. The summed E-state index contributed by atoms with van der Waals surface area (Å²) in [5.74, 6) is 0. The number of rotatable bonds is 2. The predicted octanol–water partition coefficient (Wildman–Crippen LogP) is -0.714. The van der Waals surface area contributed by atoms with Crippen LogP contribution >= 0.6 is 15.6 Å². The van der Waals surface area contributed by atoms with Gasteiger partial charge in [-0.2, -0.15) is 0 Å². The van der Waals surface area contributed by atoms with E-state index in [4.69, 9.17) is 33.3 Å². The van der Waals surface area contributed by atoms with Gasteiger partial charge in [0.15, 0.2) is 23.6 Å². The molecule has 0 saturated carbocycles. The highest BCUT2D eigenvalue weighted by molar-refractivity contribution is 7.47. The maximum absolute atomic E-state index is 13.2. The van der Waals surface area contributed by atoms with E-state index in [0.717, 1.165) is 0 Å². The second kappa shape index (κ2) is 10.8. The first-order valence-electron chi connectivity index (χ1n) is 13.0. The molecule has 0 radical (unpaired) electrons. The maximum Gasteiger partial charge on any atom is 0.472 e. The first kappa shape index (κ1) is 29.6. The van der Waals surface area contributed by atoms with Crippen LogP contribution in [0.2, 0.25) is 0 Å². The number of ether oxygens (including phenoxy) is 2. The third kappa shape index (κ3) is 5.08. The number of hydrogen-bond acceptors (Lipinski definition) is 15. The molecule has 4 aromatic heterocycles. The molecular weight excluding hydrogens is 632 g/mol. The highest BCUT2D eigenvalue weighted by Crippen LogP contribution is 2.53. The number of aliphatic hydroxyl groups excluding tert-OH is 2. The van der Waals surface area contributed by atoms with E-state index in [9.17, 15) is 33.9 Å². The number of phosphoric ester groups is 2. The van der Waals surface area contributed by atoms with Gasteiger partial charge in [0.1, 0.15) is 42.1 Å². The Bertz CT molecular complexity index is 1880. The summed E-state index contributed by atoms with van der Waals surface area (Å²) in [5.41, 5.74) is 6.47. The second-order valence-electron chi connectivity index (χ2n) is 10.2. The molecule has 0 amide bonds. The van der Waals surface area contributed by atoms with Gasteiger partial charge in [-0.3, -0.25) is 27.5 Å². The fourth-order valence-corrected chi connectivity index (χ4v) is 7.33. The van der Waals surface area contributed by atoms with Gasteiger partial charge in [0.2, 0.25) is 0 Å². The molecule has 0 spiro atoms. The zero-order chi connectivity index (χ0) is 31.0. The number of H-pyrrole nitrogens is 1. The van der Waals surface area contributed by atoms with Crippen LogP contribution in [0, 0.1) is 0 Å². The molecule has 7 rings (SSSR count). The van der Waals surface area contributed by atoms with Crippen LogP contribution in [0.15, 0.2) is 42.0 Å². The Hall–Kier alpha value is -3.10. The van der Waals surface area contributed by atoms with Gasteiger partial charge in [0.25, 0.3) is 5.56 Å². The molecule has 3 aliphatic rings. The van der Waals surface area contributed by atoms with E-state index >= 15 is 0 Å². The van der Waals surface area contributed by atoms with E-state index in [1.54, 1.807) is 0 Å². The standard InChI is InChI=1S/C22H25N7O13P2/c23-9-1-3-24-19-13(9)26-8-29(19)21-16(31)17-12(40-21)6-38-44(35,36)42-18-15(30)11(5-37-43(33,34)41-17)39-22(18)28-7-27-14-10(28)2-4-25-20(14)32/h1-4,7-8,11-12,15-18,21-22,30-31H,5-6H2,(H2,23,24)(H,25,32)(H,33,34)(H,35,36)/t11-,12-,15-,16-,17-,18-,21-,22-/m1/s1. The molecule has 2 unspecified atom stereocenters. The number of hydrogen-bond donors (Lipinski definition) is 6. The number of aliphatic hydroxyl groups is 2. The van der Waals surface area contributed by atoms with Gasteiger partial charge in [0, 0.05) is 12.4 Å². The molecule has 0 aromatic carbocycles. The zero-order valence-corrected chi connectivity index (χ0v) is 24.0. The predicted molar refractivity (Wildman–Crippen MR) is 143 cm³/mol. The largest absolute Gasteiger partial charge is 0.472 e. The number of anilines is 1. The van der Waals surface area contributed by atoms with Crippen molar-refractivity contribution in [3.05, 3.63) is 47.5 Å². The van der Waals surface area contributed by atoms with Gasteiger partial charge in [-0.15, -0.1) is 0 Å². The van der Waals surface area contributed by atoms with Gasteiger partial charge in [-0.25, -0.2) is 24.1 Å². The molecule has 10 atom stereocenters. The highest BCUT2D eigenvalue weighted by Gasteiger charge is 2.53.